The minimum atomic E-state index is -0.190. The number of carbonyl (C=O) groups excluding carboxylic acids is 3. The highest BCUT2D eigenvalue weighted by Crippen LogP contribution is 2.43. The Labute approximate surface area is 435 Å². The average molecular weight is 997 g/mol. The van der Waals surface area contributed by atoms with Crippen molar-refractivity contribution in [1.82, 2.24) is 14.7 Å². The van der Waals surface area contributed by atoms with Gasteiger partial charge in [0.1, 0.15) is 24.1 Å². The molecule has 71 heavy (non-hydrogen) atoms. The van der Waals surface area contributed by atoms with Gasteiger partial charge in [0.25, 0.3) is 0 Å². The molecule has 10 heteroatoms. The molecule has 0 aromatic heterocycles. The van der Waals surface area contributed by atoms with Crippen molar-refractivity contribution in [3.05, 3.63) is 28.8 Å². The Balaban J connectivity index is 0.000000375. The molecule has 410 valence electrons. The molecule has 0 aliphatic carbocycles. The second-order valence-corrected chi connectivity index (χ2v) is 28.3. The maximum Gasteiger partial charge on any atom is 0.309 e. The topological polar surface area (TPSA) is 109 Å². The average Bonchev–Trinajstić information content (AvgIpc) is 3.19. The zero-order valence-corrected chi connectivity index (χ0v) is 49.9. The first-order valence-electron chi connectivity index (χ1n) is 27.9. The van der Waals surface area contributed by atoms with E-state index in [-0.39, 0.29) is 86.2 Å². The normalized spacial score (nSPS) is 22.2. The number of benzene rings is 1. The van der Waals surface area contributed by atoms with Crippen LogP contribution < -0.4 is 0 Å². The number of hydrogen-bond donors (Lipinski definition) is 1. The molecule has 0 saturated carbocycles. The fraction of sp³-hybridized carbons (Fsp3) is 0.852. The van der Waals surface area contributed by atoms with E-state index in [1.54, 1.807) is 0 Å². The van der Waals surface area contributed by atoms with Crippen molar-refractivity contribution in [2.24, 2.45) is 5.92 Å². The lowest BCUT2D eigenvalue weighted by atomic mass is 9.77. The highest BCUT2D eigenvalue weighted by molar-refractivity contribution is 5.73. The van der Waals surface area contributed by atoms with Crippen molar-refractivity contribution in [3.63, 3.8) is 0 Å². The third kappa shape index (κ3) is 18.0. The van der Waals surface area contributed by atoms with Gasteiger partial charge in [-0.15, -0.1) is 0 Å². The molecule has 10 nitrogen and oxygen atoms in total. The number of unbranched alkanes of at least 4 members (excludes halogenated alkanes) is 6. The standard InChI is InChI=1S/C31H53NO3.C30H56N2O4/c1-13-14-15-22(27(34)35-23-19-30(8,9)32(12)31(10,11)20-23)16-21-17-24(28(2,3)4)26(33)25(18-21)29(5,6)7;1-27(2)19-23(20-28(3,4)31(27)9)35-25(33)17-15-13-11-12-14-16-18-26(34)36-24-21-29(5,6)32(10)30(7,8)22-24/h17-18,22-23,33H,13-16,19-20H2,1-12H3;23-24H,11-22H2,1-10H3. The monoisotopic (exact) mass is 996 g/mol. The predicted octanol–water partition coefficient (Wildman–Crippen LogP) is 14.0. The largest absolute Gasteiger partial charge is 0.507 e. The van der Waals surface area contributed by atoms with E-state index in [4.69, 9.17) is 14.2 Å². The Morgan fingerprint density at radius 2 is 0.831 bits per heavy atom. The summed E-state index contributed by atoms with van der Waals surface area (Å²) >= 11 is 0. The number of piperidine rings is 3. The Kier molecular flexibility index (Phi) is 21.4. The Hall–Kier alpha value is -2.69. The lowest BCUT2D eigenvalue weighted by Gasteiger charge is -2.53. The van der Waals surface area contributed by atoms with E-state index >= 15 is 0 Å². The predicted molar refractivity (Wildman–Crippen MR) is 294 cm³/mol. The van der Waals surface area contributed by atoms with Crippen LogP contribution in [0.2, 0.25) is 0 Å². The Bertz CT molecular complexity index is 1750. The molecule has 0 radical (unpaired) electrons. The van der Waals surface area contributed by atoms with E-state index in [1.807, 2.05) is 0 Å². The summed E-state index contributed by atoms with van der Waals surface area (Å²) in [6.45, 7) is 41.7. The summed E-state index contributed by atoms with van der Waals surface area (Å²) in [6, 6.07) is 4.22. The lowest BCUT2D eigenvalue weighted by Crippen LogP contribution is -2.60. The van der Waals surface area contributed by atoms with Gasteiger partial charge in [0.2, 0.25) is 0 Å². The van der Waals surface area contributed by atoms with Crippen molar-refractivity contribution in [2.45, 2.75) is 310 Å². The third-order valence-electron chi connectivity index (χ3n) is 17.2. The Morgan fingerprint density at radius 1 is 0.535 bits per heavy atom. The van der Waals surface area contributed by atoms with Crippen LogP contribution in [0.1, 0.15) is 257 Å². The van der Waals surface area contributed by atoms with Crippen LogP contribution in [0.4, 0.5) is 0 Å². The fourth-order valence-electron chi connectivity index (χ4n) is 12.1. The summed E-state index contributed by atoms with van der Waals surface area (Å²) in [6.07, 6.45) is 15.7. The van der Waals surface area contributed by atoms with Gasteiger partial charge in [-0.1, -0.05) is 99.1 Å². The molecule has 0 amide bonds. The molecule has 4 rings (SSSR count). The van der Waals surface area contributed by atoms with Crippen LogP contribution in [-0.4, -0.2) is 110 Å². The maximum atomic E-state index is 13.6. The highest BCUT2D eigenvalue weighted by atomic mass is 16.6. The first kappa shape index (κ1) is 62.6. The molecule has 3 heterocycles. The van der Waals surface area contributed by atoms with E-state index in [2.05, 4.69) is 180 Å². The number of rotatable bonds is 18. The summed E-state index contributed by atoms with van der Waals surface area (Å²) in [5.74, 6) is 0.0313. The van der Waals surface area contributed by atoms with Crippen molar-refractivity contribution >= 4 is 17.9 Å². The molecule has 3 aliphatic rings. The number of aromatic hydroxyl groups is 1. The number of phenols is 1. The summed E-state index contributed by atoms with van der Waals surface area (Å²) in [5.41, 5.74) is 2.69. The molecule has 1 aromatic carbocycles. The summed E-state index contributed by atoms with van der Waals surface area (Å²) < 4.78 is 18.0. The third-order valence-corrected chi connectivity index (χ3v) is 17.2. The van der Waals surface area contributed by atoms with Crippen LogP contribution in [0.5, 0.6) is 5.75 Å². The van der Waals surface area contributed by atoms with Crippen LogP contribution in [0.3, 0.4) is 0 Å². The molecule has 1 atom stereocenters. The van der Waals surface area contributed by atoms with Crippen molar-refractivity contribution < 1.29 is 33.7 Å². The van der Waals surface area contributed by atoms with E-state index < -0.39 is 0 Å². The highest BCUT2D eigenvalue weighted by Gasteiger charge is 2.47. The van der Waals surface area contributed by atoms with Gasteiger partial charge in [-0.25, -0.2) is 0 Å². The number of phenolic OH excluding ortho intramolecular Hbond substituents is 1. The molecule has 1 aromatic rings. The first-order valence-corrected chi connectivity index (χ1v) is 27.9. The van der Waals surface area contributed by atoms with Gasteiger partial charge in [-0.2, -0.15) is 0 Å². The van der Waals surface area contributed by atoms with Gasteiger partial charge in [0.05, 0.1) is 5.92 Å². The van der Waals surface area contributed by atoms with E-state index in [1.165, 1.54) is 0 Å². The second-order valence-electron chi connectivity index (χ2n) is 28.3. The summed E-state index contributed by atoms with van der Waals surface area (Å²) in [5, 5.41) is 11.1. The van der Waals surface area contributed by atoms with Crippen LogP contribution in [0, 0.1) is 5.92 Å². The van der Waals surface area contributed by atoms with Crippen LogP contribution in [-0.2, 0) is 45.8 Å². The second kappa shape index (κ2) is 24.3. The van der Waals surface area contributed by atoms with E-state index in [9.17, 15) is 19.5 Å². The van der Waals surface area contributed by atoms with Gasteiger partial charge < -0.3 is 19.3 Å². The van der Waals surface area contributed by atoms with Gasteiger partial charge in [-0.05, 0) is 157 Å². The van der Waals surface area contributed by atoms with E-state index in [0.29, 0.717) is 25.0 Å². The number of hydrogen-bond acceptors (Lipinski definition) is 10. The van der Waals surface area contributed by atoms with Gasteiger partial charge in [0.15, 0.2) is 0 Å². The first-order chi connectivity index (χ1) is 32.3. The summed E-state index contributed by atoms with van der Waals surface area (Å²) in [4.78, 5) is 45.6. The quantitative estimate of drug-likeness (QED) is 0.0867. The molecular weight excluding hydrogens is 887 g/mol. The number of nitrogens with zero attached hydrogens (tertiary/aromatic N) is 3. The SMILES string of the molecule is CCCCC(Cc1cc(C(C)(C)C)c(O)c(C(C)(C)C)c1)C(=O)OC1CC(C)(C)N(C)C(C)(C)C1.CN1C(C)(C)CC(OC(=O)CCCCCCCCC(=O)OC2CC(C)(C)N(C)C(C)(C)C2)CC1(C)C. The number of ether oxygens (including phenoxy) is 3. The molecule has 0 spiro atoms. The molecule has 0 bridgehead atoms. The number of carbonyl (C=O) groups is 3. The number of esters is 3. The minimum absolute atomic E-state index is 0.00474. The molecule has 3 aliphatic heterocycles. The van der Waals surface area contributed by atoms with Crippen LogP contribution >= 0.6 is 0 Å². The van der Waals surface area contributed by atoms with Gasteiger partial charge >= 0.3 is 17.9 Å². The molecule has 3 fully saturated rings. The molecule has 3 saturated heterocycles. The van der Waals surface area contributed by atoms with Crippen molar-refractivity contribution in [3.8, 4) is 5.75 Å². The van der Waals surface area contributed by atoms with Gasteiger partial charge in [0, 0.05) is 84.6 Å². The zero-order chi connectivity index (χ0) is 54.3. The zero-order valence-electron chi connectivity index (χ0n) is 49.9. The molecular formula is C61H109N3O7. The lowest BCUT2D eigenvalue weighted by molar-refractivity contribution is -0.164. The number of likely N-dealkylation sites (tertiary alicyclic amines) is 3. The maximum absolute atomic E-state index is 13.6. The van der Waals surface area contributed by atoms with Crippen LogP contribution in [0.15, 0.2) is 12.1 Å². The van der Waals surface area contributed by atoms with Crippen LogP contribution in [0.25, 0.3) is 0 Å². The fourth-order valence-corrected chi connectivity index (χ4v) is 12.1. The smallest absolute Gasteiger partial charge is 0.309 e. The van der Waals surface area contributed by atoms with Crippen molar-refractivity contribution in [2.75, 3.05) is 21.1 Å². The minimum Gasteiger partial charge on any atom is -0.507 e. The van der Waals surface area contributed by atoms with E-state index in [0.717, 1.165) is 113 Å². The Morgan fingerprint density at radius 3 is 1.13 bits per heavy atom. The molecule has 1 unspecified atom stereocenters. The summed E-state index contributed by atoms with van der Waals surface area (Å²) in [7, 11) is 6.50. The molecule has 1 N–H and O–H groups in total. The van der Waals surface area contributed by atoms with Gasteiger partial charge in [-0.3, -0.25) is 29.1 Å². The van der Waals surface area contributed by atoms with Crippen molar-refractivity contribution in [1.29, 1.82) is 0 Å².